The van der Waals surface area contributed by atoms with Gasteiger partial charge in [-0.2, -0.15) is 0 Å². The van der Waals surface area contributed by atoms with Gasteiger partial charge in [0.15, 0.2) is 5.78 Å². The number of ketones is 1. The van der Waals surface area contributed by atoms with Gasteiger partial charge in [0.25, 0.3) is 0 Å². The van der Waals surface area contributed by atoms with E-state index in [0.717, 1.165) is 5.56 Å². The average Bonchev–Trinajstić information content (AvgIpc) is 3.11. The molecule has 1 aliphatic rings. The van der Waals surface area contributed by atoms with Crippen LogP contribution in [-0.2, 0) is 4.74 Å². The first-order valence-electron chi connectivity index (χ1n) is 10.5. The van der Waals surface area contributed by atoms with Crippen LogP contribution in [0.1, 0.15) is 46.3 Å². The molecule has 1 N–H and O–H groups in total. The van der Waals surface area contributed by atoms with Crippen molar-refractivity contribution in [1.82, 2.24) is 5.32 Å². The van der Waals surface area contributed by atoms with Crippen LogP contribution < -0.4 is 5.32 Å². The molecule has 4 rings (SSSR count). The zero-order valence-corrected chi connectivity index (χ0v) is 17.5. The molecule has 156 valence electrons. The Kier molecular flexibility index (Phi) is 6.27. The lowest BCUT2D eigenvalue weighted by atomic mass is 9.98. The summed E-state index contributed by atoms with van der Waals surface area (Å²) in [6.07, 6.45) is 4.19. The second-order valence-electron chi connectivity index (χ2n) is 7.63. The minimum absolute atomic E-state index is 0.0483. The second-order valence-corrected chi connectivity index (χ2v) is 7.63. The maximum atomic E-state index is 12.2. The smallest absolute Gasteiger partial charge is 0.407 e. The van der Waals surface area contributed by atoms with Crippen LogP contribution in [0, 0.1) is 0 Å². The number of carbonyl (C=O) groups excluding carboxylic acids is 2. The fourth-order valence-corrected chi connectivity index (χ4v) is 3.99. The largest absolute Gasteiger partial charge is 0.449 e. The minimum atomic E-state index is -0.408. The number of alkyl carbamates (subject to hydrolysis) is 1. The van der Waals surface area contributed by atoms with Crippen LogP contribution in [0.15, 0.2) is 78.9 Å². The number of Topliss-reactive ketones (excluding diaryl/α,β-unsaturated/α-hetero) is 1. The standard InChI is InChI=1S/C27H25NO3/c1-19(29)21-11-8-10-20(17-21)9-6-7-16-28-27(30)31-18-26-24-14-4-2-12-22(24)23-13-3-5-15-25(23)26/h2-6,8-15,17,26H,7,16,18H2,1H3,(H,28,30). The van der Waals surface area contributed by atoms with Crippen LogP contribution in [0.25, 0.3) is 17.2 Å². The van der Waals surface area contributed by atoms with Gasteiger partial charge in [-0.25, -0.2) is 4.79 Å². The summed E-state index contributed by atoms with van der Waals surface area (Å²) in [5, 5.41) is 2.80. The van der Waals surface area contributed by atoms with E-state index < -0.39 is 6.09 Å². The number of ether oxygens (including phenoxy) is 1. The van der Waals surface area contributed by atoms with Crippen molar-refractivity contribution in [2.24, 2.45) is 0 Å². The Morgan fingerprint density at radius 3 is 2.29 bits per heavy atom. The first-order chi connectivity index (χ1) is 15.1. The van der Waals surface area contributed by atoms with Crippen molar-refractivity contribution < 1.29 is 14.3 Å². The van der Waals surface area contributed by atoms with Gasteiger partial charge in [0.1, 0.15) is 6.61 Å². The van der Waals surface area contributed by atoms with Crippen LogP contribution in [0.4, 0.5) is 4.79 Å². The Bertz CT molecular complexity index is 1090. The lowest BCUT2D eigenvalue weighted by molar-refractivity contribution is 0.101. The molecule has 0 unspecified atom stereocenters. The van der Waals surface area contributed by atoms with Crippen molar-refractivity contribution >= 4 is 18.0 Å². The Hall–Kier alpha value is -3.66. The number of carbonyl (C=O) groups is 2. The van der Waals surface area contributed by atoms with Crippen molar-refractivity contribution in [2.45, 2.75) is 19.3 Å². The molecule has 31 heavy (non-hydrogen) atoms. The van der Waals surface area contributed by atoms with Crippen molar-refractivity contribution in [3.05, 3.63) is 101 Å². The molecule has 0 atom stereocenters. The molecule has 0 heterocycles. The number of benzene rings is 3. The topological polar surface area (TPSA) is 55.4 Å². The quantitative estimate of drug-likeness (QED) is 0.393. The molecule has 0 radical (unpaired) electrons. The molecule has 0 bridgehead atoms. The molecule has 3 aromatic carbocycles. The summed E-state index contributed by atoms with van der Waals surface area (Å²) in [4.78, 5) is 23.6. The highest BCUT2D eigenvalue weighted by Gasteiger charge is 2.28. The van der Waals surface area contributed by atoms with E-state index >= 15 is 0 Å². The highest BCUT2D eigenvalue weighted by molar-refractivity contribution is 5.94. The van der Waals surface area contributed by atoms with Crippen molar-refractivity contribution in [3.63, 3.8) is 0 Å². The molecule has 0 aromatic heterocycles. The molecule has 0 spiro atoms. The Morgan fingerprint density at radius 1 is 0.935 bits per heavy atom. The third-order valence-electron chi connectivity index (χ3n) is 5.53. The van der Waals surface area contributed by atoms with Crippen molar-refractivity contribution in [2.75, 3.05) is 13.2 Å². The van der Waals surface area contributed by atoms with Crippen LogP contribution in [-0.4, -0.2) is 25.0 Å². The van der Waals surface area contributed by atoms with Crippen LogP contribution >= 0.6 is 0 Å². The van der Waals surface area contributed by atoms with Gasteiger partial charge >= 0.3 is 6.09 Å². The summed E-state index contributed by atoms with van der Waals surface area (Å²) in [6, 6.07) is 24.0. The second kappa shape index (κ2) is 9.43. The van der Waals surface area contributed by atoms with E-state index in [1.807, 2.05) is 54.6 Å². The minimum Gasteiger partial charge on any atom is -0.449 e. The number of rotatable bonds is 7. The first kappa shape index (κ1) is 20.6. The van der Waals surface area contributed by atoms with E-state index in [-0.39, 0.29) is 11.7 Å². The molecule has 0 saturated heterocycles. The molecular weight excluding hydrogens is 386 g/mol. The maximum Gasteiger partial charge on any atom is 0.407 e. The van der Waals surface area contributed by atoms with E-state index in [1.165, 1.54) is 22.3 Å². The number of amides is 1. The molecular formula is C27H25NO3. The fraction of sp³-hybridized carbons (Fsp3) is 0.185. The van der Waals surface area contributed by atoms with E-state index in [2.05, 4.69) is 29.6 Å². The Balaban J connectivity index is 1.27. The van der Waals surface area contributed by atoms with Crippen molar-refractivity contribution in [3.8, 4) is 11.1 Å². The lowest BCUT2D eigenvalue weighted by Crippen LogP contribution is -2.26. The molecule has 0 saturated carbocycles. The maximum absolute atomic E-state index is 12.2. The zero-order chi connectivity index (χ0) is 21.6. The third kappa shape index (κ3) is 4.75. The van der Waals surface area contributed by atoms with Gasteiger partial charge in [0.2, 0.25) is 0 Å². The van der Waals surface area contributed by atoms with Crippen molar-refractivity contribution in [1.29, 1.82) is 0 Å². The Morgan fingerprint density at radius 2 is 1.61 bits per heavy atom. The fourth-order valence-electron chi connectivity index (χ4n) is 3.99. The van der Waals surface area contributed by atoms with Gasteiger partial charge < -0.3 is 10.1 Å². The summed E-state index contributed by atoms with van der Waals surface area (Å²) in [6.45, 7) is 2.36. The van der Waals surface area contributed by atoms with Crippen LogP contribution in [0.5, 0.6) is 0 Å². The third-order valence-corrected chi connectivity index (χ3v) is 5.53. The molecule has 4 nitrogen and oxygen atoms in total. The van der Waals surface area contributed by atoms with Gasteiger partial charge in [0, 0.05) is 18.0 Å². The highest BCUT2D eigenvalue weighted by Crippen LogP contribution is 2.44. The van der Waals surface area contributed by atoms with Gasteiger partial charge in [-0.15, -0.1) is 0 Å². The SMILES string of the molecule is CC(=O)c1cccc(C=CCCNC(=O)OCC2c3ccccc3-c3ccccc32)c1. The van der Waals surface area contributed by atoms with E-state index in [0.29, 0.717) is 25.1 Å². The monoisotopic (exact) mass is 411 g/mol. The van der Waals surface area contributed by atoms with E-state index in [4.69, 9.17) is 4.74 Å². The lowest BCUT2D eigenvalue weighted by Gasteiger charge is -2.14. The number of hydrogen-bond acceptors (Lipinski definition) is 3. The summed E-state index contributed by atoms with van der Waals surface area (Å²) < 4.78 is 5.53. The van der Waals surface area contributed by atoms with Gasteiger partial charge in [-0.3, -0.25) is 4.79 Å². The van der Waals surface area contributed by atoms with E-state index in [1.54, 1.807) is 13.0 Å². The van der Waals surface area contributed by atoms with Gasteiger partial charge in [-0.1, -0.05) is 78.9 Å². The van der Waals surface area contributed by atoms with Crippen LogP contribution in [0.3, 0.4) is 0 Å². The van der Waals surface area contributed by atoms with Crippen LogP contribution in [0.2, 0.25) is 0 Å². The Labute approximate surface area is 182 Å². The molecule has 3 aromatic rings. The summed E-state index contributed by atoms with van der Waals surface area (Å²) in [5.41, 5.74) is 6.49. The predicted octanol–water partition coefficient (Wildman–Crippen LogP) is 5.83. The number of hydrogen-bond donors (Lipinski definition) is 1. The zero-order valence-electron chi connectivity index (χ0n) is 17.5. The molecule has 0 aliphatic heterocycles. The summed E-state index contributed by atoms with van der Waals surface area (Å²) in [7, 11) is 0. The predicted molar refractivity (Wildman–Crippen MR) is 123 cm³/mol. The van der Waals surface area contributed by atoms with Gasteiger partial charge in [0.05, 0.1) is 0 Å². The summed E-state index contributed by atoms with van der Waals surface area (Å²) in [5.74, 6) is 0.110. The molecule has 1 amide bonds. The number of fused-ring (bicyclic) bond motifs is 3. The molecule has 1 aliphatic carbocycles. The first-order valence-corrected chi connectivity index (χ1v) is 10.5. The highest BCUT2D eigenvalue weighted by atomic mass is 16.5. The van der Waals surface area contributed by atoms with Gasteiger partial charge in [-0.05, 0) is 47.2 Å². The number of nitrogens with one attached hydrogen (secondary N) is 1. The molecule has 0 fully saturated rings. The molecule has 4 heteroatoms. The normalized spacial score (nSPS) is 12.4. The average molecular weight is 412 g/mol. The van der Waals surface area contributed by atoms with E-state index in [9.17, 15) is 9.59 Å². The summed E-state index contributed by atoms with van der Waals surface area (Å²) >= 11 is 0.